The van der Waals surface area contributed by atoms with Crippen LogP contribution >= 0.6 is 11.8 Å². The number of carbonyl (C=O) groups excluding carboxylic acids is 1. The molecule has 2 N–H and O–H groups in total. The highest BCUT2D eigenvalue weighted by Crippen LogP contribution is 2.29. The van der Waals surface area contributed by atoms with Crippen LogP contribution in [0.15, 0.2) is 9.82 Å². The number of fused-ring (bicyclic) bond motifs is 1. The third-order valence-electron chi connectivity index (χ3n) is 4.83. The van der Waals surface area contributed by atoms with Gasteiger partial charge in [0.2, 0.25) is 5.91 Å². The molecule has 0 unspecified atom stereocenters. The maximum atomic E-state index is 12.2. The highest BCUT2D eigenvalue weighted by molar-refractivity contribution is 7.99. The lowest BCUT2D eigenvalue weighted by molar-refractivity contribution is -0.119. The van der Waals surface area contributed by atoms with E-state index in [1.54, 1.807) is 4.57 Å². The highest BCUT2D eigenvalue weighted by atomic mass is 32.2. The summed E-state index contributed by atoms with van der Waals surface area (Å²) in [5.41, 5.74) is 1.75. The minimum absolute atomic E-state index is 0.0278. The number of rotatable bonds is 6. The normalized spacial score (nSPS) is 17.7. The van der Waals surface area contributed by atoms with Gasteiger partial charge in [-0.3, -0.25) is 9.36 Å². The van der Waals surface area contributed by atoms with E-state index in [0.29, 0.717) is 23.4 Å². The first kappa shape index (κ1) is 17.5. The lowest BCUT2D eigenvalue weighted by Crippen LogP contribution is -2.37. The lowest BCUT2D eigenvalue weighted by Gasteiger charge is -2.22. The Balaban J connectivity index is 1.65. The molecular formula is C17H25N3O3S. The largest absolute Gasteiger partial charge is 0.395 e. The zero-order valence-corrected chi connectivity index (χ0v) is 14.7. The van der Waals surface area contributed by atoms with E-state index in [9.17, 15) is 9.59 Å². The van der Waals surface area contributed by atoms with Crippen molar-refractivity contribution in [3.8, 4) is 0 Å². The molecule has 1 aromatic rings. The Labute approximate surface area is 146 Å². The fourth-order valence-electron chi connectivity index (χ4n) is 3.69. The van der Waals surface area contributed by atoms with Crippen LogP contribution in [0, 0.1) is 0 Å². The Morgan fingerprint density at radius 2 is 2.04 bits per heavy atom. The number of nitrogens with one attached hydrogen (secondary N) is 1. The van der Waals surface area contributed by atoms with Gasteiger partial charge in [0.25, 0.3) is 0 Å². The van der Waals surface area contributed by atoms with E-state index >= 15 is 0 Å². The second-order valence-corrected chi connectivity index (χ2v) is 7.51. The molecule has 6 nitrogen and oxygen atoms in total. The number of amides is 1. The van der Waals surface area contributed by atoms with E-state index in [2.05, 4.69) is 10.3 Å². The molecule has 0 saturated heterocycles. The van der Waals surface area contributed by atoms with Gasteiger partial charge in [-0.15, -0.1) is 0 Å². The molecular weight excluding hydrogens is 326 g/mol. The first-order valence-electron chi connectivity index (χ1n) is 8.84. The Morgan fingerprint density at radius 3 is 2.79 bits per heavy atom. The van der Waals surface area contributed by atoms with Gasteiger partial charge in [-0.2, -0.15) is 4.98 Å². The number of hydrogen-bond donors (Lipinski definition) is 2. The molecule has 0 bridgehead atoms. The number of aliphatic hydroxyl groups is 1. The Hall–Kier alpha value is -1.34. The fraction of sp³-hybridized carbons (Fsp3) is 0.706. The Kier molecular flexibility index (Phi) is 5.94. The molecule has 0 aromatic carbocycles. The molecule has 2 aliphatic carbocycles. The molecule has 24 heavy (non-hydrogen) atoms. The average molecular weight is 351 g/mol. The zero-order chi connectivity index (χ0) is 16.9. The molecule has 1 aromatic heterocycles. The lowest BCUT2D eigenvalue weighted by atomic mass is 9.95. The Bertz CT molecular complexity index is 653. The summed E-state index contributed by atoms with van der Waals surface area (Å²) in [6.07, 6.45) is 8.51. The molecule has 1 amide bonds. The van der Waals surface area contributed by atoms with Crippen molar-refractivity contribution in [2.24, 2.45) is 0 Å². The van der Waals surface area contributed by atoms with Crippen LogP contribution in [-0.2, 0) is 24.2 Å². The van der Waals surface area contributed by atoms with Crippen molar-refractivity contribution >= 4 is 17.7 Å². The second kappa shape index (κ2) is 8.16. The summed E-state index contributed by atoms with van der Waals surface area (Å²) in [7, 11) is 0. The van der Waals surface area contributed by atoms with Crippen LogP contribution in [0.3, 0.4) is 0 Å². The number of aliphatic hydroxyl groups excluding tert-OH is 1. The Morgan fingerprint density at radius 1 is 1.25 bits per heavy atom. The summed E-state index contributed by atoms with van der Waals surface area (Å²) >= 11 is 1.36. The van der Waals surface area contributed by atoms with Gasteiger partial charge in [0, 0.05) is 17.3 Å². The van der Waals surface area contributed by atoms with Gasteiger partial charge in [0.15, 0.2) is 0 Å². The van der Waals surface area contributed by atoms with Gasteiger partial charge in [0.05, 0.1) is 18.9 Å². The van der Waals surface area contributed by atoms with E-state index in [1.165, 1.54) is 31.0 Å². The van der Waals surface area contributed by atoms with Crippen molar-refractivity contribution < 1.29 is 9.90 Å². The van der Waals surface area contributed by atoms with Gasteiger partial charge in [0.1, 0.15) is 5.03 Å². The van der Waals surface area contributed by atoms with Crippen molar-refractivity contribution in [2.45, 2.75) is 69.0 Å². The number of hydrogen-bond acceptors (Lipinski definition) is 5. The number of nitrogens with zero attached hydrogens (tertiary/aromatic N) is 2. The topological polar surface area (TPSA) is 84.2 Å². The van der Waals surface area contributed by atoms with Crippen LogP contribution < -0.4 is 11.0 Å². The predicted molar refractivity (Wildman–Crippen MR) is 93.3 cm³/mol. The fourth-order valence-corrected chi connectivity index (χ4v) is 4.57. The second-order valence-electron chi connectivity index (χ2n) is 6.54. The number of carbonyl (C=O) groups is 1. The van der Waals surface area contributed by atoms with Gasteiger partial charge in [-0.05, 0) is 32.1 Å². The quantitative estimate of drug-likeness (QED) is 0.595. The van der Waals surface area contributed by atoms with Crippen molar-refractivity contribution in [3.05, 3.63) is 21.7 Å². The molecule has 0 aliphatic heterocycles. The molecule has 1 saturated carbocycles. The summed E-state index contributed by atoms with van der Waals surface area (Å²) < 4.78 is 1.58. The molecule has 0 radical (unpaired) electrons. The van der Waals surface area contributed by atoms with Crippen molar-refractivity contribution in [2.75, 3.05) is 12.4 Å². The van der Waals surface area contributed by atoms with Crippen molar-refractivity contribution in [1.82, 2.24) is 14.9 Å². The van der Waals surface area contributed by atoms with Gasteiger partial charge in [-0.1, -0.05) is 31.0 Å². The van der Waals surface area contributed by atoms with Crippen LogP contribution in [0.4, 0.5) is 0 Å². The smallest absolute Gasteiger partial charge is 0.348 e. The van der Waals surface area contributed by atoms with Gasteiger partial charge in [-0.25, -0.2) is 4.79 Å². The van der Waals surface area contributed by atoms with E-state index < -0.39 is 0 Å². The third kappa shape index (κ3) is 4.00. The standard InChI is InChI=1S/C17H25N3O3S/c21-10-9-20-14-8-4-7-13(14)16(19-17(20)23)24-11-15(22)18-12-5-2-1-3-6-12/h12,21H,1-11H2,(H,18,22). The molecule has 0 spiro atoms. The highest BCUT2D eigenvalue weighted by Gasteiger charge is 2.23. The van der Waals surface area contributed by atoms with Crippen molar-refractivity contribution in [3.63, 3.8) is 0 Å². The van der Waals surface area contributed by atoms with Crippen LogP contribution in [0.2, 0.25) is 0 Å². The van der Waals surface area contributed by atoms with Gasteiger partial charge >= 0.3 is 5.69 Å². The predicted octanol–water partition coefficient (Wildman–Crippen LogP) is 1.27. The average Bonchev–Trinajstić information content (AvgIpc) is 3.06. The SMILES string of the molecule is O=C(CSc1nc(=O)n(CCO)c2c1CCC2)NC1CCCCC1. The van der Waals surface area contributed by atoms with E-state index in [1.807, 2.05) is 0 Å². The minimum atomic E-state index is -0.320. The monoisotopic (exact) mass is 351 g/mol. The number of thioether (sulfide) groups is 1. The molecule has 132 valence electrons. The summed E-state index contributed by atoms with van der Waals surface area (Å²) in [5.74, 6) is 0.333. The van der Waals surface area contributed by atoms with Crippen LogP contribution in [0.1, 0.15) is 49.8 Å². The maximum absolute atomic E-state index is 12.2. The van der Waals surface area contributed by atoms with Crippen molar-refractivity contribution in [1.29, 1.82) is 0 Å². The first-order valence-corrected chi connectivity index (χ1v) is 9.83. The molecule has 1 fully saturated rings. The van der Waals surface area contributed by atoms with E-state index in [4.69, 9.17) is 5.11 Å². The minimum Gasteiger partial charge on any atom is -0.395 e. The maximum Gasteiger partial charge on any atom is 0.348 e. The molecule has 1 heterocycles. The van der Waals surface area contributed by atoms with Crippen LogP contribution in [-0.4, -0.2) is 39.0 Å². The number of aromatic nitrogens is 2. The third-order valence-corrected chi connectivity index (χ3v) is 5.85. The summed E-state index contributed by atoms with van der Waals surface area (Å²) in [6.45, 7) is 0.228. The van der Waals surface area contributed by atoms with Crippen LogP contribution in [0.5, 0.6) is 0 Å². The molecule has 0 atom stereocenters. The van der Waals surface area contributed by atoms with Gasteiger partial charge < -0.3 is 10.4 Å². The summed E-state index contributed by atoms with van der Waals surface area (Å²) in [5, 5.41) is 12.9. The zero-order valence-electron chi connectivity index (χ0n) is 13.9. The molecule has 7 heteroatoms. The summed E-state index contributed by atoms with van der Waals surface area (Å²) in [6, 6.07) is 0.308. The molecule has 2 aliphatic rings. The van der Waals surface area contributed by atoms with E-state index in [-0.39, 0.29) is 18.2 Å². The summed E-state index contributed by atoms with van der Waals surface area (Å²) in [4.78, 5) is 28.5. The van der Waals surface area contributed by atoms with E-state index in [0.717, 1.165) is 43.4 Å². The van der Waals surface area contributed by atoms with Crippen LogP contribution in [0.25, 0.3) is 0 Å². The molecule has 3 rings (SSSR count). The first-order chi connectivity index (χ1) is 11.7.